The number of carbonyl (C=O) groups is 1. The third-order valence-electron chi connectivity index (χ3n) is 4.84. The quantitative estimate of drug-likeness (QED) is 0.250. The number of ether oxygens (including phenoxy) is 4. The number of aromatic nitrogens is 3. The Labute approximate surface area is 202 Å². The summed E-state index contributed by atoms with van der Waals surface area (Å²) in [5, 5.41) is 13.2. The summed E-state index contributed by atoms with van der Waals surface area (Å²) < 4.78 is 23.1. The van der Waals surface area contributed by atoms with E-state index in [1.807, 2.05) is 35.8 Å². The van der Waals surface area contributed by atoms with E-state index in [2.05, 4.69) is 20.7 Å². The van der Waals surface area contributed by atoms with E-state index in [9.17, 15) is 4.79 Å². The molecule has 0 saturated carbocycles. The molecule has 0 saturated heterocycles. The highest BCUT2D eigenvalue weighted by Gasteiger charge is 2.15. The Hall–Kier alpha value is -3.73. The smallest absolute Gasteiger partial charge is 0.250 e. The van der Waals surface area contributed by atoms with E-state index in [1.54, 1.807) is 33.5 Å². The maximum Gasteiger partial charge on any atom is 0.250 e. The Bertz CT molecular complexity index is 1150. The molecule has 3 rings (SSSR count). The molecule has 1 aromatic heterocycles. The van der Waals surface area contributed by atoms with Gasteiger partial charge in [-0.25, -0.2) is 5.43 Å². The third kappa shape index (κ3) is 5.79. The molecule has 11 heteroatoms. The molecular weight excluding hydrogens is 458 g/mol. The summed E-state index contributed by atoms with van der Waals surface area (Å²) in [6.07, 6.45) is 1.49. The van der Waals surface area contributed by atoms with Crippen LogP contribution in [0.25, 0.3) is 11.4 Å². The predicted octanol–water partition coefficient (Wildman–Crippen LogP) is 3.24. The van der Waals surface area contributed by atoms with E-state index in [-0.39, 0.29) is 11.7 Å². The fourth-order valence-electron chi connectivity index (χ4n) is 3.12. The van der Waals surface area contributed by atoms with Crippen LogP contribution in [0.1, 0.15) is 12.5 Å². The Morgan fingerprint density at radius 3 is 2.29 bits per heavy atom. The zero-order chi connectivity index (χ0) is 24.5. The fourth-order valence-corrected chi connectivity index (χ4v) is 3.92. The van der Waals surface area contributed by atoms with Crippen LogP contribution < -0.4 is 24.4 Å². The number of hydrogen-bond acceptors (Lipinski definition) is 9. The first-order chi connectivity index (χ1) is 16.5. The van der Waals surface area contributed by atoms with E-state index in [0.717, 1.165) is 17.1 Å². The molecule has 0 atom stereocenters. The Kier molecular flexibility index (Phi) is 8.74. The average Bonchev–Trinajstić information content (AvgIpc) is 3.29. The van der Waals surface area contributed by atoms with Crippen LogP contribution in [0, 0.1) is 0 Å². The first kappa shape index (κ1) is 24.9. The van der Waals surface area contributed by atoms with Crippen LogP contribution in [0.5, 0.6) is 23.0 Å². The molecule has 0 spiro atoms. The maximum atomic E-state index is 12.3. The molecule has 10 nitrogen and oxygen atoms in total. The zero-order valence-electron chi connectivity index (χ0n) is 19.7. The summed E-state index contributed by atoms with van der Waals surface area (Å²) in [5.41, 5.74) is 4.06. The minimum atomic E-state index is -0.280. The minimum absolute atomic E-state index is 0.126. The number of nitrogens with zero attached hydrogens (tertiary/aromatic N) is 4. The Morgan fingerprint density at radius 1 is 1.00 bits per heavy atom. The topological polar surface area (TPSA) is 109 Å². The van der Waals surface area contributed by atoms with Gasteiger partial charge in [0.2, 0.25) is 0 Å². The maximum absolute atomic E-state index is 12.3. The molecule has 0 bridgehead atoms. The van der Waals surface area contributed by atoms with Gasteiger partial charge in [-0.15, -0.1) is 10.2 Å². The second-order valence-corrected chi connectivity index (χ2v) is 7.75. The number of hydrazone groups is 1. The van der Waals surface area contributed by atoms with Crippen molar-refractivity contribution in [3.8, 4) is 34.4 Å². The second kappa shape index (κ2) is 11.9. The largest absolute Gasteiger partial charge is 0.497 e. The first-order valence-corrected chi connectivity index (χ1v) is 11.3. The molecule has 3 aromatic rings. The lowest BCUT2D eigenvalue weighted by atomic mass is 10.2. The van der Waals surface area contributed by atoms with Gasteiger partial charge in [0.25, 0.3) is 5.91 Å². The van der Waals surface area contributed by atoms with Crippen LogP contribution in [0.4, 0.5) is 0 Å². The second-order valence-electron chi connectivity index (χ2n) is 6.81. The lowest BCUT2D eigenvalue weighted by molar-refractivity contribution is -0.118. The number of thioether (sulfide) groups is 1. The third-order valence-corrected chi connectivity index (χ3v) is 5.81. The zero-order valence-corrected chi connectivity index (χ0v) is 20.5. The number of nitrogens with one attached hydrogen (secondary N) is 1. The van der Waals surface area contributed by atoms with Gasteiger partial charge in [-0.05, 0) is 37.3 Å². The first-order valence-electron chi connectivity index (χ1n) is 10.4. The SMILES string of the molecule is CCn1c(SCC(=O)NN=Cc2cc(OC)c(OC)cc2OC)nnc1-c1ccc(OC)cc1. The van der Waals surface area contributed by atoms with Crippen molar-refractivity contribution in [2.24, 2.45) is 5.10 Å². The Balaban J connectivity index is 1.63. The summed E-state index contributed by atoms with van der Waals surface area (Å²) in [4.78, 5) is 12.3. The van der Waals surface area contributed by atoms with Crippen LogP contribution in [0.2, 0.25) is 0 Å². The summed E-state index contributed by atoms with van der Waals surface area (Å²) in [6, 6.07) is 11.0. The fraction of sp³-hybridized carbons (Fsp3) is 0.304. The molecule has 0 unspecified atom stereocenters. The number of hydrogen-bond donors (Lipinski definition) is 1. The molecule has 1 N–H and O–H groups in total. The van der Waals surface area contributed by atoms with Gasteiger partial charge in [0.15, 0.2) is 22.5 Å². The number of carbonyl (C=O) groups excluding carboxylic acids is 1. The molecule has 0 aliphatic rings. The summed E-state index contributed by atoms with van der Waals surface area (Å²) >= 11 is 1.29. The van der Waals surface area contributed by atoms with E-state index in [4.69, 9.17) is 18.9 Å². The van der Waals surface area contributed by atoms with Crippen molar-refractivity contribution >= 4 is 23.9 Å². The molecular formula is C23H27N5O5S. The minimum Gasteiger partial charge on any atom is -0.497 e. The van der Waals surface area contributed by atoms with Crippen molar-refractivity contribution in [2.45, 2.75) is 18.6 Å². The predicted molar refractivity (Wildman–Crippen MR) is 130 cm³/mol. The molecule has 2 aromatic carbocycles. The van der Waals surface area contributed by atoms with Crippen molar-refractivity contribution in [3.05, 3.63) is 42.0 Å². The van der Waals surface area contributed by atoms with Crippen molar-refractivity contribution in [2.75, 3.05) is 34.2 Å². The van der Waals surface area contributed by atoms with Gasteiger partial charge in [0, 0.05) is 23.7 Å². The van der Waals surface area contributed by atoms with Gasteiger partial charge in [0.05, 0.1) is 40.4 Å². The molecule has 0 aliphatic carbocycles. The lowest BCUT2D eigenvalue weighted by Gasteiger charge is -2.11. The monoisotopic (exact) mass is 485 g/mol. The van der Waals surface area contributed by atoms with Gasteiger partial charge < -0.3 is 23.5 Å². The summed E-state index contributed by atoms with van der Waals surface area (Å²) in [6.45, 7) is 2.66. The standard InChI is InChI=1S/C23H27N5O5S/c1-6-28-22(15-7-9-17(30-2)10-8-15)26-27-23(28)34-14-21(29)25-24-13-16-11-19(32-4)20(33-5)12-18(16)31-3/h7-13H,6,14H2,1-5H3,(H,25,29). The van der Waals surface area contributed by atoms with E-state index in [1.165, 1.54) is 25.1 Å². The highest BCUT2D eigenvalue weighted by atomic mass is 32.2. The molecule has 0 fully saturated rings. The van der Waals surface area contributed by atoms with E-state index >= 15 is 0 Å². The molecule has 34 heavy (non-hydrogen) atoms. The lowest BCUT2D eigenvalue weighted by Crippen LogP contribution is -2.20. The highest BCUT2D eigenvalue weighted by Crippen LogP contribution is 2.33. The van der Waals surface area contributed by atoms with Crippen LogP contribution in [0.15, 0.2) is 46.7 Å². The Morgan fingerprint density at radius 2 is 1.68 bits per heavy atom. The van der Waals surface area contributed by atoms with Crippen LogP contribution in [0.3, 0.4) is 0 Å². The normalized spacial score (nSPS) is 10.9. The molecule has 0 radical (unpaired) electrons. The van der Waals surface area contributed by atoms with Crippen molar-refractivity contribution in [3.63, 3.8) is 0 Å². The molecule has 0 aliphatic heterocycles. The molecule has 1 heterocycles. The van der Waals surface area contributed by atoms with Crippen LogP contribution in [-0.2, 0) is 11.3 Å². The molecule has 180 valence electrons. The number of rotatable bonds is 11. The van der Waals surface area contributed by atoms with E-state index in [0.29, 0.717) is 34.5 Å². The van der Waals surface area contributed by atoms with Gasteiger partial charge in [-0.2, -0.15) is 5.10 Å². The summed E-state index contributed by atoms with van der Waals surface area (Å²) in [7, 11) is 6.25. The van der Waals surface area contributed by atoms with Crippen molar-refractivity contribution < 1.29 is 23.7 Å². The molecule has 1 amide bonds. The van der Waals surface area contributed by atoms with E-state index < -0.39 is 0 Å². The van der Waals surface area contributed by atoms with Crippen LogP contribution >= 0.6 is 11.8 Å². The van der Waals surface area contributed by atoms with Crippen LogP contribution in [-0.4, -0.2) is 61.1 Å². The number of amides is 1. The number of benzene rings is 2. The van der Waals surface area contributed by atoms with Gasteiger partial charge in [-0.3, -0.25) is 4.79 Å². The van der Waals surface area contributed by atoms with Gasteiger partial charge in [0.1, 0.15) is 11.5 Å². The van der Waals surface area contributed by atoms with Gasteiger partial charge in [-0.1, -0.05) is 11.8 Å². The highest BCUT2D eigenvalue weighted by molar-refractivity contribution is 7.99. The average molecular weight is 486 g/mol. The van der Waals surface area contributed by atoms with Gasteiger partial charge >= 0.3 is 0 Å². The summed E-state index contributed by atoms with van der Waals surface area (Å²) in [5.74, 6) is 2.94. The number of methoxy groups -OCH3 is 4. The van der Waals surface area contributed by atoms with Crippen molar-refractivity contribution in [1.29, 1.82) is 0 Å². The van der Waals surface area contributed by atoms with Crippen molar-refractivity contribution in [1.82, 2.24) is 20.2 Å².